The smallest absolute Gasteiger partial charge is 0.269 e. The minimum Gasteiger partial charge on any atom is -0.494 e. The number of rotatable bonds is 6. The Hall–Kier alpha value is -2.82. The van der Waals surface area contributed by atoms with Crippen molar-refractivity contribution in [3.63, 3.8) is 0 Å². The molecule has 0 aliphatic rings. The molecule has 0 bridgehead atoms. The number of aryl methyl sites for hydroxylation is 2. The van der Waals surface area contributed by atoms with Crippen molar-refractivity contribution >= 4 is 11.8 Å². The number of nitrogens with one attached hydrogen (secondary N) is 2. The molecule has 126 valence electrons. The third kappa shape index (κ3) is 5.43. The maximum atomic E-state index is 12.0. The molecular formula is C19H22N2O3. The summed E-state index contributed by atoms with van der Waals surface area (Å²) in [5.41, 5.74) is 7.38. The summed E-state index contributed by atoms with van der Waals surface area (Å²) in [5, 5.41) is 0. The van der Waals surface area contributed by atoms with Crippen LogP contribution in [0.5, 0.6) is 5.75 Å². The first-order valence-electron chi connectivity index (χ1n) is 7.90. The van der Waals surface area contributed by atoms with Crippen molar-refractivity contribution in [2.45, 2.75) is 26.7 Å². The average molecular weight is 326 g/mol. The van der Waals surface area contributed by atoms with Crippen molar-refractivity contribution in [3.05, 3.63) is 65.2 Å². The Morgan fingerprint density at radius 1 is 1.00 bits per heavy atom. The van der Waals surface area contributed by atoms with Gasteiger partial charge < -0.3 is 4.74 Å². The van der Waals surface area contributed by atoms with Crippen molar-refractivity contribution < 1.29 is 14.3 Å². The van der Waals surface area contributed by atoms with Gasteiger partial charge in [0.1, 0.15) is 5.75 Å². The molecule has 0 aromatic heterocycles. The van der Waals surface area contributed by atoms with Gasteiger partial charge in [-0.05, 0) is 44.0 Å². The summed E-state index contributed by atoms with van der Waals surface area (Å²) in [6, 6.07) is 15.0. The number of carbonyl (C=O) groups excluding carboxylic acids is 2. The fraction of sp³-hybridized carbons (Fsp3) is 0.263. The molecule has 0 fully saturated rings. The van der Waals surface area contributed by atoms with Gasteiger partial charge in [-0.15, -0.1) is 0 Å². The molecule has 0 saturated heterocycles. The Labute approximate surface area is 142 Å². The minimum absolute atomic E-state index is 0.246. The van der Waals surface area contributed by atoms with E-state index in [0.717, 1.165) is 16.9 Å². The molecule has 2 N–H and O–H groups in total. The van der Waals surface area contributed by atoms with Crippen molar-refractivity contribution in [1.29, 1.82) is 0 Å². The predicted molar refractivity (Wildman–Crippen MR) is 92.7 cm³/mol. The molecule has 2 amide bonds. The second kappa shape index (κ2) is 8.72. The summed E-state index contributed by atoms with van der Waals surface area (Å²) in [5.74, 6) is 0.215. The van der Waals surface area contributed by atoms with Crippen LogP contribution in [0.15, 0.2) is 48.5 Å². The molecule has 2 aromatic rings. The average Bonchev–Trinajstić information content (AvgIpc) is 2.57. The first kappa shape index (κ1) is 17.5. The van der Waals surface area contributed by atoms with E-state index in [1.807, 2.05) is 56.3 Å². The van der Waals surface area contributed by atoms with Crippen LogP contribution >= 0.6 is 0 Å². The van der Waals surface area contributed by atoms with Gasteiger partial charge in [0.15, 0.2) is 0 Å². The van der Waals surface area contributed by atoms with Gasteiger partial charge in [-0.25, -0.2) is 0 Å². The maximum Gasteiger partial charge on any atom is 0.269 e. The molecule has 0 spiro atoms. The fourth-order valence-corrected chi connectivity index (χ4v) is 2.26. The van der Waals surface area contributed by atoms with Gasteiger partial charge in [0.2, 0.25) is 5.91 Å². The van der Waals surface area contributed by atoms with Crippen molar-refractivity contribution in [1.82, 2.24) is 10.9 Å². The molecule has 0 atom stereocenters. The number of amides is 2. The Balaban J connectivity index is 1.68. The molecular weight excluding hydrogens is 304 g/mol. The SMILES string of the molecule is Cc1ccc(C(=O)NNC(=O)CCCOc2ccccc2)c(C)c1. The summed E-state index contributed by atoms with van der Waals surface area (Å²) in [6.45, 7) is 4.28. The summed E-state index contributed by atoms with van der Waals surface area (Å²) in [6.07, 6.45) is 0.847. The maximum absolute atomic E-state index is 12.0. The molecule has 2 aromatic carbocycles. The van der Waals surface area contributed by atoms with Crippen LogP contribution in [0.2, 0.25) is 0 Å². The van der Waals surface area contributed by atoms with Crippen LogP contribution in [0.4, 0.5) is 0 Å². The highest BCUT2D eigenvalue weighted by Crippen LogP contribution is 2.10. The number of ether oxygens (including phenoxy) is 1. The van der Waals surface area contributed by atoms with E-state index in [4.69, 9.17) is 4.74 Å². The zero-order valence-electron chi connectivity index (χ0n) is 14.0. The second-order valence-electron chi connectivity index (χ2n) is 5.59. The predicted octanol–water partition coefficient (Wildman–Crippen LogP) is 2.92. The molecule has 0 saturated carbocycles. The highest BCUT2D eigenvalue weighted by molar-refractivity contribution is 5.96. The Morgan fingerprint density at radius 2 is 1.75 bits per heavy atom. The van der Waals surface area contributed by atoms with Gasteiger partial charge in [-0.3, -0.25) is 20.4 Å². The van der Waals surface area contributed by atoms with Gasteiger partial charge in [0.25, 0.3) is 5.91 Å². The number of hydrazine groups is 1. The summed E-state index contributed by atoms with van der Waals surface area (Å²) >= 11 is 0. The molecule has 0 radical (unpaired) electrons. The van der Waals surface area contributed by atoms with E-state index >= 15 is 0 Å². The normalized spacial score (nSPS) is 10.1. The van der Waals surface area contributed by atoms with Gasteiger partial charge in [-0.2, -0.15) is 0 Å². The van der Waals surface area contributed by atoms with Gasteiger partial charge in [0, 0.05) is 12.0 Å². The minimum atomic E-state index is -0.318. The van der Waals surface area contributed by atoms with Crippen LogP contribution < -0.4 is 15.6 Å². The molecule has 0 heterocycles. The lowest BCUT2D eigenvalue weighted by molar-refractivity contribution is -0.122. The van der Waals surface area contributed by atoms with Crippen LogP contribution in [0.3, 0.4) is 0 Å². The first-order valence-corrected chi connectivity index (χ1v) is 7.90. The van der Waals surface area contributed by atoms with Gasteiger partial charge in [-0.1, -0.05) is 35.9 Å². The Bertz CT molecular complexity index is 699. The zero-order valence-corrected chi connectivity index (χ0v) is 14.0. The van der Waals surface area contributed by atoms with Crippen molar-refractivity contribution in [2.75, 3.05) is 6.61 Å². The van der Waals surface area contributed by atoms with Crippen LogP contribution in [0.25, 0.3) is 0 Å². The standard InChI is InChI=1S/C19H22N2O3/c1-14-10-11-17(15(2)13-14)19(23)21-20-18(22)9-6-12-24-16-7-4-3-5-8-16/h3-5,7-8,10-11,13H,6,9,12H2,1-2H3,(H,20,22)(H,21,23). The molecule has 24 heavy (non-hydrogen) atoms. The molecule has 0 unspecified atom stereocenters. The molecule has 5 heteroatoms. The third-order valence-electron chi connectivity index (χ3n) is 3.50. The van der Waals surface area contributed by atoms with Crippen LogP contribution in [0.1, 0.15) is 34.3 Å². The van der Waals surface area contributed by atoms with Crippen molar-refractivity contribution in [2.24, 2.45) is 0 Å². The van der Waals surface area contributed by atoms with Crippen LogP contribution in [-0.2, 0) is 4.79 Å². The number of hydrogen-bond donors (Lipinski definition) is 2. The number of carbonyl (C=O) groups is 2. The van der Waals surface area contributed by atoms with Crippen molar-refractivity contribution in [3.8, 4) is 5.75 Å². The van der Waals surface area contributed by atoms with E-state index < -0.39 is 0 Å². The third-order valence-corrected chi connectivity index (χ3v) is 3.50. The summed E-state index contributed by atoms with van der Waals surface area (Å²) in [4.78, 5) is 23.8. The van der Waals surface area contributed by atoms with Gasteiger partial charge >= 0.3 is 0 Å². The Kier molecular flexibility index (Phi) is 6.37. The van der Waals surface area contributed by atoms with Gasteiger partial charge in [0.05, 0.1) is 6.61 Å². The number of benzene rings is 2. The summed E-state index contributed by atoms with van der Waals surface area (Å²) < 4.78 is 5.51. The highest BCUT2D eigenvalue weighted by atomic mass is 16.5. The quantitative estimate of drug-likeness (QED) is 0.633. The Morgan fingerprint density at radius 3 is 2.46 bits per heavy atom. The van der Waals surface area contributed by atoms with E-state index in [-0.39, 0.29) is 18.2 Å². The highest BCUT2D eigenvalue weighted by Gasteiger charge is 2.10. The van der Waals surface area contributed by atoms with E-state index in [1.54, 1.807) is 6.07 Å². The number of hydrogen-bond acceptors (Lipinski definition) is 3. The van der Waals surface area contributed by atoms with Crippen LogP contribution in [0, 0.1) is 13.8 Å². The lowest BCUT2D eigenvalue weighted by Gasteiger charge is -2.10. The number of para-hydroxylation sites is 1. The topological polar surface area (TPSA) is 67.4 Å². The molecule has 0 aliphatic carbocycles. The zero-order chi connectivity index (χ0) is 17.4. The molecule has 5 nitrogen and oxygen atoms in total. The van der Waals surface area contributed by atoms with E-state index in [1.165, 1.54) is 0 Å². The monoisotopic (exact) mass is 326 g/mol. The van der Waals surface area contributed by atoms with Crippen LogP contribution in [-0.4, -0.2) is 18.4 Å². The fourth-order valence-electron chi connectivity index (χ4n) is 2.26. The molecule has 2 rings (SSSR count). The van der Waals surface area contributed by atoms with E-state index in [0.29, 0.717) is 18.6 Å². The lowest BCUT2D eigenvalue weighted by atomic mass is 10.1. The van der Waals surface area contributed by atoms with E-state index in [2.05, 4.69) is 10.9 Å². The largest absolute Gasteiger partial charge is 0.494 e. The summed E-state index contributed by atoms with van der Waals surface area (Å²) in [7, 11) is 0. The second-order valence-corrected chi connectivity index (χ2v) is 5.59. The lowest BCUT2D eigenvalue weighted by Crippen LogP contribution is -2.41. The first-order chi connectivity index (χ1) is 11.6. The van der Waals surface area contributed by atoms with E-state index in [9.17, 15) is 9.59 Å². The molecule has 0 aliphatic heterocycles.